The molecular weight excluding hydrogens is 1460 g/mol. The van der Waals surface area contributed by atoms with Crippen molar-refractivity contribution in [1.82, 2.24) is 44.9 Å². The summed E-state index contributed by atoms with van der Waals surface area (Å²) in [7, 11) is 0. The van der Waals surface area contributed by atoms with Crippen LogP contribution in [0.1, 0.15) is 49.9 Å². The van der Waals surface area contributed by atoms with Gasteiger partial charge in [-0.1, -0.05) is 404 Å². The molecule has 2 aliphatic rings. The first-order chi connectivity index (χ1) is 59.0. The molecule has 9 nitrogen and oxygen atoms in total. The Morgan fingerprint density at radius 3 is 0.683 bits per heavy atom. The van der Waals surface area contributed by atoms with Crippen molar-refractivity contribution in [2.24, 2.45) is 0 Å². The Morgan fingerprint density at radius 1 is 0.133 bits per heavy atom. The number of hydrogen-bond donors (Lipinski definition) is 0. The van der Waals surface area contributed by atoms with Crippen molar-refractivity contribution in [2.75, 3.05) is 0 Å². The molecule has 0 atom stereocenters. The molecule has 0 N–H and O–H groups in total. The van der Waals surface area contributed by atoms with Crippen molar-refractivity contribution in [3.63, 3.8) is 0 Å². The third-order valence-electron chi connectivity index (χ3n) is 23.4. The maximum absolute atomic E-state index is 4.94. The largest absolute Gasteiger partial charge is 0.208 e. The van der Waals surface area contributed by atoms with E-state index in [1.54, 1.807) is 0 Å². The highest BCUT2D eigenvalue weighted by Gasteiger charge is 2.37. The Kier molecular flexibility index (Phi) is 19.2. The lowest BCUT2D eigenvalue weighted by molar-refractivity contribution is 0.660. The van der Waals surface area contributed by atoms with E-state index in [1.807, 2.05) is 182 Å². The summed E-state index contributed by atoms with van der Waals surface area (Å²) in [6, 6.07) is 142. The smallest absolute Gasteiger partial charge is 0.164 e. The van der Waals surface area contributed by atoms with Gasteiger partial charge >= 0.3 is 0 Å². The highest BCUT2D eigenvalue weighted by Crippen LogP contribution is 2.52. The van der Waals surface area contributed by atoms with Gasteiger partial charge in [-0.3, -0.25) is 0 Å². The average Bonchev–Trinajstić information content (AvgIpc) is 1.00. The highest BCUT2D eigenvalue weighted by atomic mass is 15.1. The summed E-state index contributed by atoms with van der Waals surface area (Å²) in [4.78, 5) is 43.9. The van der Waals surface area contributed by atoms with Crippen molar-refractivity contribution < 1.29 is 0 Å². The molecule has 0 fully saturated rings. The van der Waals surface area contributed by atoms with E-state index in [2.05, 4.69) is 252 Å². The van der Waals surface area contributed by atoms with Gasteiger partial charge in [0.2, 0.25) is 0 Å². The van der Waals surface area contributed by atoms with E-state index in [1.165, 1.54) is 93.5 Å². The number of hydrogen-bond acceptors (Lipinski definition) is 9. The van der Waals surface area contributed by atoms with Gasteiger partial charge in [0.25, 0.3) is 0 Å². The average molecular weight is 1540 g/mol. The molecule has 0 bridgehead atoms. The van der Waals surface area contributed by atoms with Gasteiger partial charge in [-0.15, -0.1) is 0 Å². The van der Waals surface area contributed by atoms with Gasteiger partial charge in [0.05, 0.1) is 0 Å². The van der Waals surface area contributed by atoms with Gasteiger partial charge < -0.3 is 0 Å². The first-order valence-corrected chi connectivity index (χ1v) is 40.7. The predicted molar refractivity (Wildman–Crippen MR) is 492 cm³/mol. The molecule has 22 rings (SSSR count). The topological polar surface area (TPSA) is 116 Å². The van der Waals surface area contributed by atoms with Gasteiger partial charge in [0, 0.05) is 60.9 Å². The lowest BCUT2D eigenvalue weighted by Gasteiger charge is -2.22. The molecule has 3 heterocycles. The minimum absolute atomic E-state index is 0.0194. The second-order valence-corrected chi connectivity index (χ2v) is 31.6. The molecule has 0 unspecified atom stereocenters. The van der Waals surface area contributed by atoms with Crippen LogP contribution in [0.3, 0.4) is 0 Å². The summed E-state index contributed by atoms with van der Waals surface area (Å²) in [5.41, 5.74) is 26.5. The Morgan fingerprint density at radius 2 is 0.342 bits per heavy atom. The van der Waals surface area contributed by atoms with Crippen LogP contribution in [0.15, 0.2) is 406 Å². The first-order valence-electron chi connectivity index (χ1n) is 40.7. The molecule has 120 heavy (non-hydrogen) atoms. The molecule has 0 amide bonds. The quantitative estimate of drug-likeness (QED) is 0.110. The van der Waals surface area contributed by atoms with Gasteiger partial charge in [-0.05, 0) is 141 Å². The van der Waals surface area contributed by atoms with Crippen molar-refractivity contribution >= 4 is 32.3 Å². The van der Waals surface area contributed by atoms with Crippen LogP contribution in [0.2, 0.25) is 0 Å². The molecule has 0 aliphatic heterocycles. The summed E-state index contributed by atoms with van der Waals surface area (Å²) in [6.07, 6.45) is 0. The molecule has 0 saturated carbocycles. The van der Waals surface area contributed by atoms with E-state index in [4.69, 9.17) is 44.9 Å². The third-order valence-corrected chi connectivity index (χ3v) is 23.4. The highest BCUT2D eigenvalue weighted by molar-refractivity contribution is 6.25. The van der Waals surface area contributed by atoms with E-state index in [-0.39, 0.29) is 10.8 Å². The number of benzene rings is 17. The number of fused-ring (bicyclic) bond motifs is 12. The molecule has 0 spiro atoms. The molecule has 0 saturated heterocycles. The van der Waals surface area contributed by atoms with E-state index in [0.717, 1.165) is 66.8 Å². The number of aromatic nitrogens is 9. The molecular formula is C111H79N9. The monoisotopic (exact) mass is 1540 g/mol. The summed E-state index contributed by atoms with van der Waals surface area (Å²) >= 11 is 0. The van der Waals surface area contributed by atoms with Crippen molar-refractivity contribution in [1.29, 1.82) is 0 Å². The van der Waals surface area contributed by atoms with Crippen molar-refractivity contribution in [3.8, 4) is 158 Å². The second kappa shape index (κ2) is 31.3. The van der Waals surface area contributed by atoms with Crippen LogP contribution in [-0.4, -0.2) is 44.9 Å². The number of rotatable bonds is 12. The zero-order valence-corrected chi connectivity index (χ0v) is 66.7. The normalized spacial score (nSPS) is 12.5. The standard InChI is InChI=1S/C39H25N3.2C36H27N3/c1-3-12-26(13-4-1)37-40-38(27-14-5-2-6-15-27)42-39(41-37)30-17-11-16-28(24-30)29-22-23-35-33-20-8-7-18-31(33)32-19-9-10-21-34(32)36(35)25-29;1-36(2)31-19-10-9-18-29(31)30-21-20-27(23-32(30)36)26-16-11-17-28(22-26)35-38-33(24-12-5-3-6-13-24)37-34(39-35)25-14-7-4-8-15-25;1-36(2)31-16-10-9-15-29(31)30-22-21-28(23-32(30)36)24-17-19-27(20-18-24)35-38-33(25-11-5-3-6-12-25)37-34(39-35)26-13-7-4-8-14-26/h1-25H;2*3-23H,1-2H3. The second-order valence-electron chi connectivity index (χ2n) is 31.6. The van der Waals surface area contributed by atoms with Crippen LogP contribution in [-0.2, 0) is 10.8 Å². The van der Waals surface area contributed by atoms with Gasteiger partial charge in [0.1, 0.15) is 0 Å². The van der Waals surface area contributed by atoms with Gasteiger partial charge in [-0.2, -0.15) is 0 Å². The lowest BCUT2D eigenvalue weighted by atomic mass is 9.81. The zero-order valence-electron chi connectivity index (χ0n) is 66.7. The maximum atomic E-state index is 4.94. The first kappa shape index (κ1) is 73.4. The third kappa shape index (κ3) is 14.1. The Labute approximate surface area is 698 Å². The fraction of sp³-hybridized carbons (Fsp3) is 0.0541. The maximum Gasteiger partial charge on any atom is 0.164 e. The van der Waals surface area contributed by atoms with Gasteiger partial charge in [0.15, 0.2) is 52.4 Å². The summed E-state index contributed by atoms with van der Waals surface area (Å²) in [6.45, 7) is 9.28. The molecule has 3 aromatic heterocycles. The number of nitrogens with zero attached hydrogens (tertiary/aromatic N) is 9. The minimum atomic E-state index is -0.0388. The Hall–Kier alpha value is -15.5. The minimum Gasteiger partial charge on any atom is -0.208 e. The lowest BCUT2D eigenvalue weighted by Crippen LogP contribution is -2.14. The summed E-state index contributed by atoms with van der Waals surface area (Å²) < 4.78 is 0. The van der Waals surface area contributed by atoms with Crippen LogP contribution >= 0.6 is 0 Å². The van der Waals surface area contributed by atoms with Crippen molar-refractivity contribution in [3.05, 3.63) is 429 Å². The SMILES string of the molecule is CC1(C)c2ccccc2-c2ccc(-c3ccc(-c4nc(-c5ccccc5)nc(-c5ccccc5)n4)cc3)cc21.CC1(C)c2ccccc2-c2ccc(-c3cccc(-c4nc(-c5ccccc5)nc(-c5ccccc5)n4)c3)cc21.c1ccc(-c2nc(-c3ccccc3)nc(-c3cccc(-c4ccc5c6ccccc6c6ccccc6c5c4)c3)n2)cc1. The Balaban J connectivity index is 0.000000115. The molecule has 20 aromatic rings. The fourth-order valence-corrected chi connectivity index (χ4v) is 17.2. The molecule has 0 radical (unpaired) electrons. The van der Waals surface area contributed by atoms with Gasteiger partial charge in [-0.25, -0.2) is 44.9 Å². The van der Waals surface area contributed by atoms with Crippen molar-refractivity contribution in [2.45, 2.75) is 38.5 Å². The summed E-state index contributed by atoms with van der Waals surface area (Å²) in [5.74, 6) is 5.99. The van der Waals surface area contributed by atoms with Crippen LogP contribution < -0.4 is 0 Å². The summed E-state index contributed by atoms with van der Waals surface area (Å²) in [5, 5.41) is 7.62. The van der Waals surface area contributed by atoms with Crippen LogP contribution in [0.25, 0.3) is 190 Å². The van der Waals surface area contributed by atoms with E-state index in [0.29, 0.717) is 52.4 Å². The fourth-order valence-electron chi connectivity index (χ4n) is 17.2. The van der Waals surface area contributed by atoms with Crippen LogP contribution in [0.5, 0.6) is 0 Å². The molecule has 17 aromatic carbocycles. The zero-order chi connectivity index (χ0) is 80.7. The molecule has 568 valence electrons. The Bertz CT molecular complexity index is 7030. The predicted octanol–water partition coefficient (Wildman–Crippen LogP) is 27.7. The molecule has 9 heteroatoms. The van der Waals surface area contributed by atoms with E-state index < -0.39 is 0 Å². The van der Waals surface area contributed by atoms with E-state index >= 15 is 0 Å². The van der Waals surface area contributed by atoms with E-state index in [9.17, 15) is 0 Å². The van der Waals surface area contributed by atoms with Crippen LogP contribution in [0.4, 0.5) is 0 Å². The van der Waals surface area contributed by atoms with Crippen LogP contribution in [0, 0.1) is 0 Å². The molecule has 2 aliphatic carbocycles.